The number of nitrogens with one attached hydrogen (secondary N) is 2. The van der Waals surface area contributed by atoms with Crippen LogP contribution in [0.3, 0.4) is 0 Å². The van der Waals surface area contributed by atoms with Crippen LogP contribution in [0.5, 0.6) is 0 Å². The number of esters is 1. The number of piperidine rings is 1. The van der Waals surface area contributed by atoms with Crippen LogP contribution in [0.25, 0.3) is 0 Å². The molecule has 1 heterocycles. The van der Waals surface area contributed by atoms with E-state index in [-0.39, 0.29) is 18.1 Å². The number of carbonyl (C=O) groups is 1. The smallest absolute Gasteiger partial charge is 0.323 e. The first-order valence-corrected chi connectivity index (χ1v) is 7.55. The van der Waals surface area contributed by atoms with Crippen molar-refractivity contribution in [2.75, 3.05) is 19.8 Å². The predicted octanol–water partition coefficient (Wildman–Crippen LogP) is 1.77. The first-order chi connectivity index (χ1) is 9.27. The Morgan fingerprint density at radius 3 is 2.58 bits per heavy atom. The molecular formula is C14H28N2O3. The Hall–Kier alpha value is -0.650. The minimum atomic E-state index is -0.148. The average molecular weight is 272 g/mol. The highest BCUT2D eigenvalue weighted by atomic mass is 16.6. The van der Waals surface area contributed by atoms with E-state index in [1.807, 2.05) is 0 Å². The molecule has 0 amide bonds. The van der Waals surface area contributed by atoms with Gasteiger partial charge in [-0.2, -0.15) is 5.48 Å². The number of rotatable bonds is 9. The molecule has 0 aliphatic carbocycles. The van der Waals surface area contributed by atoms with Crippen LogP contribution in [0, 0.1) is 0 Å². The summed E-state index contributed by atoms with van der Waals surface area (Å²) in [4.78, 5) is 17.1. The van der Waals surface area contributed by atoms with Gasteiger partial charge in [0.2, 0.25) is 0 Å². The summed E-state index contributed by atoms with van der Waals surface area (Å²) in [6.45, 7) is 6.26. The van der Waals surface area contributed by atoms with E-state index in [0.717, 1.165) is 51.7 Å². The number of unbranched alkanes of at least 4 members (excludes halogenated alkanes) is 2. The highest BCUT2D eigenvalue weighted by molar-refractivity contribution is 5.75. The molecule has 1 saturated heterocycles. The maximum atomic E-state index is 11.7. The van der Waals surface area contributed by atoms with Gasteiger partial charge in [0.05, 0.1) is 13.2 Å². The van der Waals surface area contributed by atoms with Gasteiger partial charge in [0.15, 0.2) is 0 Å². The Balaban J connectivity index is 2.09. The molecule has 1 aliphatic rings. The standard InChI is InChI=1S/C14H28N2O3/c1-3-5-9-18-14(17)13-8-7-12(11-15-13)16-19-10-6-4-2/h12-13,15-16H,3-11H2,1-2H3/t12-,13+/m1/s1. The van der Waals surface area contributed by atoms with Gasteiger partial charge in [0.25, 0.3) is 0 Å². The average Bonchev–Trinajstić information content (AvgIpc) is 2.44. The maximum Gasteiger partial charge on any atom is 0.323 e. The Bertz CT molecular complexity index is 241. The summed E-state index contributed by atoms with van der Waals surface area (Å²) in [5.74, 6) is -0.112. The van der Waals surface area contributed by atoms with Crippen molar-refractivity contribution < 1.29 is 14.4 Å². The molecule has 0 aromatic heterocycles. The summed E-state index contributed by atoms with van der Waals surface area (Å²) in [5.41, 5.74) is 3.05. The van der Waals surface area contributed by atoms with Crippen molar-refractivity contribution in [1.82, 2.24) is 10.8 Å². The summed E-state index contributed by atoms with van der Waals surface area (Å²) >= 11 is 0. The lowest BCUT2D eigenvalue weighted by Gasteiger charge is -2.28. The topological polar surface area (TPSA) is 59.6 Å². The molecule has 112 valence electrons. The molecule has 2 atom stereocenters. The summed E-state index contributed by atoms with van der Waals surface area (Å²) in [7, 11) is 0. The minimum Gasteiger partial charge on any atom is -0.465 e. The molecule has 1 rings (SSSR count). The first kappa shape index (κ1) is 16.4. The molecule has 0 bridgehead atoms. The molecule has 0 saturated carbocycles. The third kappa shape index (κ3) is 6.89. The van der Waals surface area contributed by atoms with Crippen LogP contribution in [-0.4, -0.2) is 37.8 Å². The van der Waals surface area contributed by atoms with Gasteiger partial charge in [0.1, 0.15) is 6.04 Å². The summed E-state index contributed by atoms with van der Waals surface area (Å²) < 4.78 is 5.22. The minimum absolute atomic E-state index is 0.112. The number of ether oxygens (including phenoxy) is 1. The summed E-state index contributed by atoms with van der Waals surface area (Å²) in [6, 6.07) is 0.141. The van der Waals surface area contributed by atoms with Crippen molar-refractivity contribution in [2.45, 2.75) is 64.5 Å². The van der Waals surface area contributed by atoms with Gasteiger partial charge in [-0.05, 0) is 25.7 Å². The fourth-order valence-corrected chi connectivity index (χ4v) is 1.97. The van der Waals surface area contributed by atoms with Crippen LogP contribution < -0.4 is 10.8 Å². The lowest BCUT2D eigenvalue weighted by atomic mass is 10.0. The van der Waals surface area contributed by atoms with Gasteiger partial charge >= 0.3 is 5.97 Å². The van der Waals surface area contributed by atoms with Crippen molar-refractivity contribution in [2.24, 2.45) is 0 Å². The molecule has 0 unspecified atom stereocenters. The molecule has 1 fully saturated rings. The Morgan fingerprint density at radius 1 is 1.21 bits per heavy atom. The molecule has 0 spiro atoms. The van der Waals surface area contributed by atoms with E-state index in [0.29, 0.717) is 6.61 Å². The second-order valence-corrected chi connectivity index (χ2v) is 5.08. The van der Waals surface area contributed by atoms with Gasteiger partial charge in [-0.25, -0.2) is 0 Å². The quantitative estimate of drug-likeness (QED) is 0.380. The zero-order valence-electron chi connectivity index (χ0n) is 12.2. The molecule has 0 radical (unpaired) electrons. The van der Waals surface area contributed by atoms with E-state index in [4.69, 9.17) is 9.57 Å². The van der Waals surface area contributed by atoms with E-state index < -0.39 is 0 Å². The second kappa shape index (κ2) is 10.2. The van der Waals surface area contributed by atoms with Crippen LogP contribution in [0.1, 0.15) is 52.4 Å². The number of carbonyl (C=O) groups excluding carboxylic acids is 1. The van der Waals surface area contributed by atoms with Gasteiger partial charge in [-0.15, -0.1) is 0 Å². The first-order valence-electron chi connectivity index (χ1n) is 7.55. The number of hydrogen-bond donors (Lipinski definition) is 2. The van der Waals surface area contributed by atoms with Crippen LogP contribution in [0.4, 0.5) is 0 Å². The number of hydrogen-bond acceptors (Lipinski definition) is 5. The van der Waals surface area contributed by atoms with Gasteiger partial charge in [-0.1, -0.05) is 26.7 Å². The normalized spacial score (nSPS) is 23.3. The highest BCUT2D eigenvalue weighted by Crippen LogP contribution is 2.10. The third-order valence-electron chi connectivity index (χ3n) is 3.29. The molecule has 5 heteroatoms. The predicted molar refractivity (Wildman–Crippen MR) is 74.7 cm³/mol. The molecular weight excluding hydrogens is 244 g/mol. The van der Waals surface area contributed by atoms with Crippen LogP contribution in [-0.2, 0) is 14.4 Å². The van der Waals surface area contributed by atoms with Gasteiger partial charge < -0.3 is 14.9 Å². The molecule has 0 aromatic rings. The van der Waals surface area contributed by atoms with Gasteiger partial charge in [0, 0.05) is 12.6 Å². The van der Waals surface area contributed by atoms with Crippen molar-refractivity contribution in [3.8, 4) is 0 Å². The Kier molecular flexibility index (Phi) is 8.79. The SMILES string of the molecule is CCCCON[C@@H]1CC[C@@H](C(=O)OCCCC)NC1. The molecule has 0 aromatic carbocycles. The third-order valence-corrected chi connectivity index (χ3v) is 3.29. The largest absolute Gasteiger partial charge is 0.465 e. The zero-order chi connectivity index (χ0) is 13.9. The lowest BCUT2D eigenvalue weighted by Crippen LogP contribution is -2.51. The molecule has 19 heavy (non-hydrogen) atoms. The van der Waals surface area contributed by atoms with Gasteiger partial charge in [-0.3, -0.25) is 4.79 Å². The number of hydroxylamine groups is 1. The summed E-state index contributed by atoms with van der Waals surface area (Å²) in [6.07, 6.45) is 5.93. The lowest BCUT2D eigenvalue weighted by molar-refractivity contribution is -0.147. The fourth-order valence-electron chi connectivity index (χ4n) is 1.97. The van der Waals surface area contributed by atoms with E-state index in [9.17, 15) is 4.79 Å². The van der Waals surface area contributed by atoms with Crippen LogP contribution in [0.15, 0.2) is 0 Å². The van der Waals surface area contributed by atoms with Crippen molar-refractivity contribution >= 4 is 5.97 Å². The molecule has 2 N–H and O–H groups in total. The van der Waals surface area contributed by atoms with Crippen LogP contribution in [0.2, 0.25) is 0 Å². The fraction of sp³-hybridized carbons (Fsp3) is 0.929. The van der Waals surface area contributed by atoms with Crippen molar-refractivity contribution in [1.29, 1.82) is 0 Å². The van der Waals surface area contributed by atoms with E-state index >= 15 is 0 Å². The van der Waals surface area contributed by atoms with Crippen molar-refractivity contribution in [3.63, 3.8) is 0 Å². The van der Waals surface area contributed by atoms with E-state index in [1.54, 1.807) is 0 Å². The maximum absolute atomic E-state index is 11.7. The molecule has 1 aliphatic heterocycles. The zero-order valence-corrected chi connectivity index (χ0v) is 12.2. The van der Waals surface area contributed by atoms with Crippen molar-refractivity contribution in [3.05, 3.63) is 0 Å². The molecule has 5 nitrogen and oxygen atoms in total. The summed E-state index contributed by atoms with van der Waals surface area (Å²) in [5, 5.41) is 3.22. The second-order valence-electron chi connectivity index (χ2n) is 5.08. The Labute approximate surface area is 116 Å². The Morgan fingerprint density at radius 2 is 1.95 bits per heavy atom. The van der Waals surface area contributed by atoms with Crippen LogP contribution >= 0.6 is 0 Å². The highest BCUT2D eigenvalue weighted by Gasteiger charge is 2.26. The van der Waals surface area contributed by atoms with E-state index in [2.05, 4.69) is 24.6 Å². The van der Waals surface area contributed by atoms with E-state index in [1.165, 1.54) is 0 Å². The monoisotopic (exact) mass is 272 g/mol.